The quantitative estimate of drug-likeness (QED) is 0.474. The molecule has 0 saturated heterocycles. The zero-order chi connectivity index (χ0) is 22.0. The first-order chi connectivity index (χ1) is 15.0. The van der Waals surface area contributed by atoms with E-state index < -0.39 is 0 Å². The minimum Gasteiger partial charge on any atom is -0.493 e. The third kappa shape index (κ3) is 4.09. The van der Waals surface area contributed by atoms with E-state index in [4.69, 9.17) is 13.9 Å². The van der Waals surface area contributed by atoms with Crippen LogP contribution in [0.1, 0.15) is 25.7 Å². The summed E-state index contributed by atoms with van der Waals surface area (Å²) in [7, 11) is 3.12. The van der Waals surface area contributed by atoms with Gasteiger partial charge in [0, 0.05) is 28.6 Å². The number of amides is 1. The van der Waals surface area contributed by atoms with E-state index in [1.807, 2.05) is 48.7 Å². The van der Waals surface area contributed by atoms with Crippen molar-refractivity contribution in [3.05, 3.63) is 54.4 Å². The van der Waals surface area contributed by atoms with Gasteiger partial charge in [-0.15, -0.1) is 10.2 Å². The molecule has 0 atom stereocenters. The molecule has 2 heterocycles. The lowest BCUT2D eigenvalue weighted by atomic mass is 10.2. The Hall–Kier alpha value is -3.81. The highest BCUT2D eigenvalue weighted by atomic mass is 16.5. The van der Waals surface area contributed by atoms with Crippen molar-refractivity contribution in [2.24, 2.45) is 0 Å². The van der Waals surface area contributed by atoms with E-state index in [2.05, 4.69) is 15.5 Å². The van der Waals surface area contributed by atoms with Gasteiger partial charge in [0.2, 0.25) is 11.8 Å². The molecule has 0 aliphatic rings. The third-order valence-corrected chi connectivity index (χ3v) is 4.93. The minimum absolute atomic E-state index is 0.0799. The average Bonchev–Trinajstić information content (AvgIpc) is 3.39. The van der Waals surface area contributed by atoms with Gasteiger partial charge in [0.05, 0.1) is 14.2 Å². The Kier molecular flexibility index (Phi) is 5.62. The largest absolute Gasteiger partial charge is 0.493 e. The number of carbonyl (C=O) groups is 1. The predicted octanol–water partition coefficient (Wildman–Crippen LogP) is 4.47. The molecule has 0 saturated carbocycles. The number of nitrogens with zero attached hydrogens (tertiary/aromatic N) is 3. The first kappa shape index (κ1) is 20.5. The summed E-state index contributed by atoms with van der Waals surface area (Å²) in [6.45, 7) is 4.06. The van der Waals surface area contributed by atoms with Crippen molar-refractivity contribution in [3.8, 4) is 23.1 Å². The number of nitrogens with one attached hydrogen (secondary N) is 1. The fourth-order valence-electron chi connectivity index (χ4n) is 3.39. The van der Waals surface area contributed by atoms with Gasteiger partial charge in [-0.3, -0.25) is 4.79 Å². The number of methoxy groups -OCH3 is 2. The van der Waals surface area contributed by atoms with Gasteiger partial charge < -0.3 is 23.8 Å². The number of hydrogen-bond acceptors (Lipinski definition) is 6. The smallest absolute Gasteiger partial charge is 0.264 e. The van der Waals surface area contributed by atoms with Gasteiger partial charge in [0.15, 0.2) is 11.5 Å². The highest BCUT2D eigenvalue weighted by molar-refractivity contribution is 5.94. The highest BCUT2D eigenvalue weighted by Gasteiger charge is 2.19. The van der Waals surface area contributed by atoms with Crippen LogP contribution in [0.3, 0.4) is 0 Å². The number of benzene rings is 2. The van der Waals surface area contributed by atoms with Crippen LogP contribution in [0.15, 0.2) is 52.9 Å². The van der Waals surface area contributed by atoms with E-state index in [0.29, 0.717) is 34.7 Å². The molecular formula is C23H24N4O4. The molecule has 0 radical (unpaired) electrons. The number of anilines is 1. The summed E-state index contributed by atoms with van der Waals surface area (Å²) in [6.07, 6.45) is 0. The van der Waals surface area contributed by atoms with Gasteiger partial charge in [0.1, 0.15) is 12.2 Å². The molecule has 0 fully saturated rings. The molecule has 4 rings (SSSR count). The molecule has 0 unspecified atom stereocenters. The van der Waals surface area contributed by atoms with E-state index in [9.17, 15) is 4.79 Å². The summed E-state index contributed by atoms with van der Waals surface area (Å²) in [6, 6.07) is 15.0. The van der Waals surface area contributed by atoms with Crippen LogP contribution >= 0.6 is 0 Å². The number of hydrogen-bond donors (Lipinski definition) is 1. The molecule has 0 aliphatic carbocycles. The molecule has 4 aromatic rings. The van der Waals surface area contributed by atoms with Gasteiger partial charge in [-0.25, -0.2) is 0 Å². The molecule has 31 heavy (non-hydrogen) atoms. The van der Waals surface area contributed by atoms with E-state index in [1.165, 1.54) is 0 Å². The van der Waals surface area contributed by atoms with Crippen LogP contribution in [0.25, 0.3) is 22.5 Å². The predicted molar refractivity (Wildman–Crippen MR) is 117 cm³/mol. The summed E-state index contributed by atoms with van der Waals surface area (Å²) in [4.78, 5) is 12.9. The van der Waals surface area contributed by atoms with Crippen molar-refractivity contribution in [1.29, 1.82) is 0 Å². The Balaban J connectivity index is 1.65. The molecule has 1 amide bonds. The Morgan fingerprint density at radius 3 is 2.55 bits per heavy atom. The average molecular weight is 420 g/mol. The van der Waals surface area contributed by atoms with Crippen molar-refractivity contribution < 1.29 is 18.7 Å². The second-order valence-corrected chi connectivity index (χ2v) is 7.39. The number of para-hydroxylation sites is 1. The Labute approximate surface area is 179 Å². The zero-order valence-corrected chi connectivity index (χ0v) is 17.9. The fraction of sp³-hybridized carbons (Fsp3) is 0.261. The molecular weight excluding hydrogens is 396 g/mol. The van der Waals surface area contributed by atoms with Crippen molar-refractivity contribution in [3.63, 3.8) is 0 Å². The Morgan fingerprint density at radius 1 is 1.06 bits per heavy atom. The molecule has 160 valence electrons. The summed E-state index contributed by atoms with van der Waals surface area (Å²) >= 11 is 0. The van der Waals surface area contributed by atoms with Crippen LogP contribution in [0, 0.1) is 0 Å². The maximum absolute atomic E-state index is 12.9. The lowest BCUT2D eigenvalue weighted by Gasteiger charge is -2.12. The number of rotatable bonds is 7. The van der Waals surface area contributed by atoms with Gasteiger partial charge in [-0.2, -0.15) is 0 Å². The van der Waals surface area contributed by atoms with Gasteiger partial charge in [0.25, 0.3) is 5.89 Å². The van der Waals surface area contributed by atoms with Crippen LogP contribution in [-0.4, -0.2) is 34.9 Å². The second-order valence-electron chi connectivity index (χ2n) is 7.39. The molecule has 8 heteroatoms. The van der Waals surface area contributed by atoms with E-state index in [-0.39, 0.29) is 18.4 Å². The topological polar surface area (TPSA) is 91.4 Å². The van der Waals surface area contributed by atoms with Gasteiger partial charge in [-0.1, -0.05) is 32.0 Å². The van der Waals surface area contributed by atoms with E-state index in [1.54, 1.807) is 32.4 Å². The molecule has 8 nitrogen and oxygen atoms in total. The standard InChI is InChI=1S/C23H24N4O4/c1-14(2)22-25-26-23(31-22)18-11-15-7-5-6-8-17(15)27(18)13-21(28)24-16-9-10-19(29-3)20(12-16)30-4/h5-12,14H,13H2,1-4H3,(H,24,28). The molecule has 2 aromatic heterocycles. The summed E-state index contributed by atoms with van der Waals surface area (Å²) in [5.41, 5.74) is 2.22. The molecule has 0 aliphatic heterocycles. The lowest BCUT2D eigenvalue weighted by molar-refractivity contribution is -0.116. The second kappa shape index (κ2) is 8.51. The van der Waals surface area contributed by atoms with Crippen LogP contribution in [0.4, 0.5) is 5.69 Å². The Bertz CT molecular complexity index is 1230. The van der Waals surface area contributed by atoms with Crippen LogP contribution in [0.5, 0.6) is 11.5 Å². The van der Waals surface area contributed by atoms with Crippen molar-refractivity contribution in [2.75, 3.05) is 19.5 Å². The first-order valence-corrected chi connectivity index (χ1v) is 9.94. The van der Waals surface area contributed by atoms with Crippen molar-refractivity contribution >= 4 is 22.5 Å². The molecule has 0 bridgehead atoms. The van der Waals surface area contributed by atoms with Crippen LogP contribution < -0.4 is 14.8 Å². The number of ether oxygens (including phenoxy) is 2. The molecule has 0 spiro atoms. The van der Waals surface area contributed by atoms with Gasteiger partial charge in [-0.05, 0) is 24.3 Å². The highest BCUT2D eigenvalue weighted by Crippen LogP contribution is 2.31. The number of aromatic nitrogens is 3. The third-order valence-electron chi connectivity index (χ3n) is 4.93. The monoisotopic (exact) mass is 420 g/mol. The molecule has 1 N–H and O–H groups in total. The number of fused-ring (bicyclic) bond motifs is 1. The fourth-order valence-corrected chi connectivity index (χ4v) is 3.39. The normalized spacial score (nSPS) is 11.1. The van der Waals surface area contributed by atoms with Crippen LogP contribution in [-0.2, 0) is 11.3 Å². The summed E-state index contributed by atoms with van der Waals surface area (Å²) in [5.74, 6) is 2.00. The van der Waals surface area contributed by atoms with Crippen LogP contribution in [0.2, 0.25) is 0 Å². The van der Waals surface area contributed by atoms with Crippen molar-refractivity contribution in [1.82, 2.24) is 14.8 Å². The van der Waals surface area contributed by atoms with Crippen molar-refractivity contribution in [2.45, 2.75) is 26.3 Å². The van der Waals surface area contributed by atoms with E-state index >= 15 is 0 Å². The van der Waals surface area contributed by atoms with Gasteiger partial charge >= 0.3 is 0 Å². The summed E-state index contributed by atoms with van der Waals surface area (Å²) < 4.78 is 18.3. The SMILES string of the molecule is COc1ccc(NC(=O)Cn2c(-c3nnc(C(C)C)o3)cc3ccccc32)cc1OC. The maximum Gasteiger partial charge on any atom is 0.264 e. The zero-order valence-electron chi connectivity index (χ0n) is 17.9. The lowest BCUT2D eigenvalue weighted by Crippen LogP contribution is -2.19. The summed E-state index contributed by atoms with van der Waals surface area (Å²) in [5, 5.41) is 12.2. The van der Waals surface area contributed by atoms with E-state index in [0.717, 1.165) is 10.9 Å². The maximum atomic E-state index is 12.9. The molecule has 2 aromatic carbocycles. The first-order valence-electron chi connectivity index (χ1n) is 9.94. The Morgan fingerprint density at radius 2 is 1.84 bits per heavy atom. The minimum atomic E-state index is -0.196. The number of carbonyl (C=O) groups excluding carboxylic acids is 1.